The predicted molar refractivity (Wildman–Crippen MR) is 86.9 cm³/mol. The van der Waals surface area contributed by atoms with Crippen LogP contribution < -0.4 is 5.32 Å². The summed E-state index contributed by atoms with van der Waals surface area (Å²) in [5.74, 6) is -0.893. The third kappa shape index (κ3) is 5.39. The molecule has 0 aliphatic heterocycles. The second-order valence-corrected chi connectivity index (χ2v) is 5.75. The van der Waals surface area contributed by atoms with Crippen molar-refractivity contribution in [2.75, 3.05) is 7.05 Å². The average Bonchev–Trinajstić information content (AvgIpc) is 2.43. The van der Waals surface area contributed by atoms with Crippen molar-refractivity contribution in [3.05, 3.63) is 34.9 Å². The Balaban J connectivity index is 2.67. The van der Waals surface area contributed by atoms with E-state index in [0.717, 1.165) is 12.0 Å². The summed E-state index contributed by atoms with van der Waals surface area (Å²) in [6, 6.07) is 5.47. The third-order valence-corrected chi connectivity index (χ3v) is 3.86. The molecule has 0 radical (unpaired) electrons. The molecule has 5 nitrogen and oxygen atoms in total. The van der Waals surface area contributed by atoms with Gasteiger partial charge in [-0.15, -0.1) is 0 Å². The average molecular weight is 306 g/mol. The van der Waals surface area contributed by atoms with Gasteiger partial charge in [0.15, 0.2) is 0 Å². The standard InChI is InChI=1S/C17H26N2O3/c1-5-7-15(10-16(20)21)18-17(22)19(4)11-14-9-6-8-12(2)13(14)3/h6,8-9,15H,5,7,10-11H2,1-4H3,(H,18,22)(H,20,21)/t15-/m1/s1. The number of amides is 2. The summed E-state index contributed by atoms with van der Waals surface area (Å²) in [5, 5.41) is 11.7. The number of rotatable bonds is 7. The summed E-state index contributed by atoms with van der Waals surface area (Å²) in [5.41, 5.74) is 3.47. The van der Waals surface area contributed by atoms with Crippen LogP contribution in [0.15, 0.2) is 18.2 Å². The molecule has 0 aliphatic carbocycles. The summed E-state index contributed by atoms with van der Waals surface area (Å²) in [4.78, 5) is 24.7. The number of carboxylic acid groups (broad SMARTS) is 1. The fourth-order valence-corrected chi connectivity index (χ4v) is 2.38. The Labute approximate surface area is 132 Å². The van der Waals surface area contributed by atoms with Crippen LogP contribution in [0.3, 0.4) is 0 Å². The van der Waals surface area contributed by atoms with Gasteiger partial charge in [-0.1, -0.05) is 31.5 Å². The summed E-state index contributed by atoms with van der Waals surface area (Å²) >= 11 is 0. The van der Waals surface area contributed by atoms with E-state index in [2.05, 4.69) is 5.32 Å². The van der Waals surface area contributed by atoms with Gasteiger partial charge in [-0.3, -0.25) is 4.79 Å². The van der Waals surface area contributed by atoms with E-state index >= 15 is 0 Å². The van der Waals surface area contributed by atoms with E-state index in [0.29, 0.717) is 13.0 Å². The fraction of sp³-hybridized carbons (Fsp3) is 0.529. The lowest BCUT2D eigenvalue weighted by Gasteiger charge is -2.23. The molecule has 5 heteroatoms. The third-order valence-electron chi connectivity index (χ3n) is 3.86. The van der Waals surface area contributed by atoms with Crippen LogP contribution >= 0.6 is 0 Å². The highest BCUT2D eigenvalue weighted by Crippen LogP contribution is 2.14. The van der Waals surface area contributed by atoms with Crippen LogP contribution in [-0.4, -0.2) is 35.1 Å². The molecule has 0 fully saturated rings. The van der Waals surface area contributed by atoms with Gasteiger partial charge in [0, 0.05) is 19.6 Å². The molecule has 122 valence electrons. The number of nitrogens with one attached hydrogen (secondary N) is 1. The minimum absolute atomic E-state index is 0.0447. The number of carbonyl (C=O) groups is 2. The minimum Gasteiger partial charge on any atom is -0.481 e. The maximum Gasteiger partial charge on any atom is 0.317 e. The van der Waals surface area contributed by atoms with Crippen LogP contribution in [-0.2, 0) is 11.3 Å². The fourth-order valence-electron chi connectivity index (χ4n) is 2.38. The first-order valence-corrected chi connectivity index (χ1v) is 7.63. The van der Waals surface area contributed by atoms with Crippen LogP contribution in [0.2, 0.25) is 0 Å². The molecule has 0 bridgehead atoms. The lowest BCUT2D eigenvalue weighted by Crippen LogP contribution is -2.43. The molecule has 1 rings (SSSR count). The molecule has 0 saturated heterocycles. The quantitative estimate of drug-likeness (QED) is 0.813. The Morgan fingerprint density at radius 3 is 2.59 bits per heavy atom. The van der Waals surface area contributed by atoms with Crippen molar-refractivity contribution in [1.82, 2.24) is 10.2 Å². The van der Waals surface area contributed by atoms with Crippen molar-refractivity contribution >= 4 is 12.0 Å². The Morgan fingerprint density at radius 2 is 2.00 bits per heavy atom. The van der Waals surface area contributed by atoms with Gasteiger partial charge in [-0.25, -0.2) is 4.79 Å². The SMILES string of the molecule is CCC[C@H](CC(=O)O)NC(=O)N(C)Cc1cccc(C)c1C. The van der Waals surface area contributed by atoms with Gasteiger partial charge in [-0.05, 0) is 37.0 Å². The topological polar surface area (TPSA) is 69.6 Å². The van der Waals surface area contributed by atoms with Gasteiger partial charge < -0.3 is 15.3 Å². The Hall–Kier alpha value is -2.04. The molecule has 2 amide bonds. The lowest BCUT2D eigenvalue weighted by atomic mass is 10.0. The predicted octanol–water partition coefficient (Wildman–Crippen LogP) is 3.09. The van der Waals surface area contributed by atoms with Gasteiger partial charge in [0.05, 0.1) is 6.42 Å². The first kappa shape index (κ1) is 18.0. The molecule has 0 unspecified atom stereocenters. The van der Waals surface area contributed by atoms with Crippen molar-refractivity contribution < 1.29 is 14.7 Å². The molecule has 0 saturated carbocycles. The van der Waals surface area contributed by atoms with E-state index in [1.165, 1.54) is 11.1 Å². The summed E-state index contributed by atoms with van der Waals surface area (Å²) < 4.78 is 0. The number of hydrogen-bond donors (Lipinski definition) is 2. The van der Waals surface area contributed by atoms with Crippen LogP contribution in [0.1, 0.15) is 42.9 Å². The van der Waals surface area contributed by atoms with Crippen LogP contribution in [0, 0.1) is 13.8 Å². The van der Waals surface area contributed by atoms with E-state index in [-0.39, 0.29) is 18.5 Å². The van der Waals surface area contributed by atoms with E-state index in [4.69, 9.17) is 5.11 Å². The van der Waals surface area contributed by atoms with Crippen LogP contribution in [0.5, 0.6) is 0 Å². The number of benzene rings is 1. The monoisotopic (exact) mass is 306 g/mol. The first-order chi connectivity index (χ1) is 10.3. The van der Waals surface area contributed by atoms with Gasteiger partial charge in [0.25, 0.3) is 0 Å². The zero-order chi connectivity index (χ0) is 16.7. The van der Waals surface area contributed by atoms with Crippen LogP contribution in [0.25, 0.3) is 0 Å². The molecule has 22 heavy (non-hydrogen) atoms. The number of urea groups is 1. The Bertz CT molecular complexity index is 529. The van der Waals surface area contributed by atoms with Crippen molar-refractivity contribution in [2.24, 2.45) is 0 Å². The number of hydrogen-bond acceptors (Lipinski definition) is 2. The Morgan fingerprint density at radius 1 is 1.32 bits per heavy atom. The van der Waals surface area contributed by atoms with Gasteiger partial charge in [0.1, 0.15) is 0 Å². The van der Waals surface area contributed by atoms with E-state index in [1.807, 2.05) is 39.0 Å². The normalized spacial score (nSPS) is 11.8. The maximum atomic E-state index is 12.2. The number of nitrogens with zero attached hydrogens (tertiary/aromatic N) is 1. The molecule has 1 atom stereocenters. The molecule has 0 spiro atoms. The van der Waals surface area contributed by atoms with Gasteiger partial charge >= 0.3 is 12.0 Å². The summed E-state index contributed by atoms with van der Waals surface area (Å²) in [6.45, 7) is 6.57. The second-order valence-electron chi connectivity index (χ2n) is 5.75. The highest BCUT2D eigenvalue weighted by atomic mass is 16.4. The number of carbonyl (C=O) groups excluding carboxylic acids is 1. The van der Waals surface area contributed by atoms with Gasteiger partial charge in [-0.2, -0.15) is 0 Å². The minimum atomic E-state index is -0.893. The van der Waals surface area contributed by atoms with Crippen molar-refractivity contribution in [1.29, 1.82) is 0 Å². The number of carboxylic acids is 1. The molecule has 2 N–H and O–H groups in total. The molecular formula is C17H26N2O3. The van der Waals surface area contributed by atoms with Crippen LogP contribution in [0.4, 0.5) is 4.79 Å². The van der Waals surface area contributed by atoms with Crippen molar-refractivity contribution in [2.45, 2.75) is 52.6 Å². The summed E-state index contributed by atoms with van der Waals surface area (Å²) in [7, 11) is 1.72. The first-order valence-electron chi connectivity index (χ1n) is 7.63. The lowest BCUT2D eigenvalue weighted by molar-refractivity contribution is -0.137. The van der Waals surface area contributed by atoms with Gasteiger partial charge in [0.2, 0.25) is 0 Å². The highest BCUT2D eigenvalue weighted by molar-refractivity contribution is 5.75. The van der Waals surface area contributed by atoms with E-state index < -0.39 is 5.97 Å². The molecule has 0 aromatic heterocycles. The van der Waals surface area contributed by atoms with Crippen molar-refractivity contribution in [3.63, 3.8) is 0 Å². The largest absolute Gasteiger partial charge is 0.481 e. The van der Waals surface area contributed by atoms with E-state index in [1.54, 1.807) is 11.9 Å². The zero-order valence-corrected chi connectivity index (χ0v) is 13.8. The van der Waals surface area contributed by atoms with E-state index in [9.17, 15) is 9.59 Å². The number of aryl methyl sites for hydroxylation is 1. The second kappa shape index (κ2) is 8.41. The van der Waals surface area contributed by atoms with Crippen molar-refractivity contribution in [3.8, 4) is 0 Å². The Kier molecular flexibility index (Phi) is 6.89. The smallest absolute Gasteiger partial charge is 0.317 e. The summed E-state index contributed by atoms with van der Waals surface area (Å²) in [6.07, 6.45) is 1.45. The number of aliphatic carboxylic acids is 1. The highest BCUT2D eigenvalue weighted by Gasteiger charge is 2.18. The maximum absolute atomic E-state index is 12.2. The molecule has 1 aromatic rings. The molecule has 0 heterocycles. The molecule has 0 aliphatic rings. The molecular weight excluding hydrogens is 280 g/mol. The zero-order valence-electron chi connectivity index (χ0n) is 13.8. The molecule has 1 aromatic carbocycles.